The summed E-state index contributed by atoms with van der Waals surface area (Å²) in [5.41, 5.74) is 1.20. The molecule has 5 heteroatoms. The zero-order chi connectivity index (χ0) is 14.5. The van der Waals surface area contributed by atoms with E-state index in [-0.39, 0.29) is 6.61 Å². The lowest BCUT2D eigenvalue weighted by atomic mass is 10.2. The highest BCUT2D eigenvalue weighted by Crippen LogP contribution is 2.31. The number of halogens is 2. The summed E-state index contributed by atoms with van der Waals surface area (Å²) in [4.78, 5) is 11.0. The summed E-state index contributed by atoms with van der Waals surface area (Å²) in [5.74, 6) is 0.899. The second-order valence-electron chi connectivity index (χ2n) is 4.02. The summed E-state index contributed by atoms with van der Waals surface area (Å²) < 4.78 is 10.9. The summed E-state index contributed by atoms with van der Waals surface area (Å²) >= 11 is 11.9. The molecule has 2 rings (SSSR count). The van der Waals surface area contributed by atoms with Gasteiger partial charge in [-0.2, -0.15) is 0 Å². The van der Waals surface area contributed by atoms with Crippen LogP contribution in [0.25, 0.3) is 0 Å². The van der Waals surface area contributed by atoms with Gasteiger partial charge in [-0.15, -0.1) is 0 Å². The van der Waals surface area contributed by atoms with Gasteiger partial charge < -0.3 is 9.47 Å². The van der Waals surface area contributed by atoms with Crippen molar-refractivity contribution in [2.45, 2.75) is 6.61 Å². The molecule has 0 spiro atoms. The first-order chi connectivity index (χ1) is 9.65. The topological polar surface area (TPSA) is 35.5 Å². The Balaban J connectivity index is 2.24. The Morgan fingerprint density at radius 2 is 2.00 bits per heavy atom. The Hall–Kier alpha value is -1.71. The molecule has 0 aromatic heterocycles. The van der Waals surface area contributed by atoms with E-state index in [9.17, 15) is 4.79 Å². The Labute approximate surface area is 127 Å². The highest BCUT2D eigenvalue weighted by Gasteiger charge is 2.11. The van der Waals surface area contributed by atoms with Crippen LogP contribution in [0.2, 0.25) is 10.0 Å². The smallest absolute Gasteiger partial charge is 0.172 e. The predicted molar refractivity (Wildman–Crippen MR) is 79.2 cm³/mol. The Morgan fingerprint density at radius 3 is 2.65 bits per heavy atom. The van der Waals surface area contributed by atoms with Crippen LogP contribution in [0.1, 0.15) is 15.9 Å². The van der Waals surface area contributed by atoms with Crippen molar-refractivity contribution in [1.82, 2.24) is 0 Å². The average Bonchev–Trinajstić information content (AvgIpc) is 2.46. The van der Waals surface area contributed by atoms with Gasteiger partial charge in [0, 0.05) is 15.6 Å². The molecule has 0 unspecified atom stereocenters. The van der Waals surface area contributed by atoms with E-state index in [4.69, 9.17) is 32.7 Å². The lowest BCUT2D eigenvalue weighted by Crippen LogP contribution is -2.01. The summed E-state index contributed by atoms with van der Waals surface area (Å²) in [6, 6.07) is 10.3. The number of methoxy groups -OCH3 is 1. The number of para-hydroxylation sites is 1. The van der Waals surface area contributed by atoms with E-state index >= 15 is 0 Å². The molecule has 0 aliphatic carbocycles. The normalized spacial score (nSPS) is 10.2. The van der Waals surface area contributed by atoms with Crippen LogP contribution < -0.4 is 9.47 Å². The average molecular weight is 311 g/mol. The fourth-order valence-corrected chi connectivity index (χ4v) is 2.19. The third-order valence-corrected chi connectivity index (χ3v) is 3.33. The second-order valence-corrected chi connectivity index (χ2v) is 4.86. The lowest BCUT2D eigenvalue weighted by Gasteiger charge is -2.13. The quantitative estimate of drug-likeness (QED) is 0.768. The number of hydrogen-bond acceptors (Lipinski definition) is 3. The van der Waals surface area contributed by atoms with Gasteiger partial charge in [0.1, 0.15) is 6.61 Å². The molecule has 0 aliphatic heterocycles. The molecule has 2 aromatic carbocycles. The van der Waals surface area contributed by atoms with Crippen LogP contribution in [-0.4, -0.2) is 13.4 Å². The van der Waals surface area contributed by atoms with Crippen molar-refractivity contribution < 1.29 is 14.3 Å². The van der Waals surface area contributed by atoms with E-state index in [0.717, 1.165) is 11.8 Å². The fourth-order valence-electron chi connectivity index (χ4n) is 1.73. The Morgan fingerprint density at radius 1 is 1.20 bits per heavy atom. The number of ether oxygens (including phenoxy) is 2. The number of aldehydes is 1. The van der Waals surface area contributed by atoms with Gasteiger partial charge in [-0.05, 0) is 24.3 Å². The zero-order valence-corrected chi connectivity index (χ0v) is 12.2. The molecule has 0 amide bonds. The first kappa shape index (κ1) is 14.7. The molecular weight excluding hydrogens is 299 g/mol. The number of carbonyl (C=O) groups is 1. The SMILES string of the molecule is COc1cccc(C=O)c1OCc1ccc(Cl)cc1Cl. The molecule has 0 bridgehead atoms. The van der Waals surface area contributed by atoms with Crippen molar-refractivity contribution >= 4 is 29.5 Å². The van der Waals surface area contributed by atoms with Gasteiger partial charge in [0.25, 0.3) is 0 Å². The number of rotatable bonds is 5. The molecule has 0 fully saturated rings. The van der Waals surface area contributed by atoms with Gasteiger partial charge in [0.05, 0.1) is 12.7 Å². The van der Waals surface area contributed by atoms with E-state index in [0.29, 0.717) is 27.1 Å². The van der Waals surface area contributed by atoms with Crippen LogP contribution in [0.5, 0.6) is 11.5 Å². The van der Waals surface area contributed by atoms with Crippen LogP contribution in [0.3, 0.4) is 0 Å². The molecule has 0 saturated heterocycles. The minimum Gasteiger partial charge on any atom is -0.493 e. The van der Waals surface area contributed by atoms with Crippen molar-refractivity contribution in [2.24, 2.45) is 0 Å². The lowest BCUT2D eigenvalue weighted by molar-refractivity contribution is 0.111. The van der Waals surface area contributed by atoms with E-state index in [1.165, 1.54) is 7.11 Å². The summed E-state index contributed by atoms with van der Waals surface area (Å²) in [7, 11) is 1.52. The van der Waals surface area contributed by atoms with E-state index < -0.39 is 0 Å². The first-order valence-electron chi connectivity index (χ1n) is 5.84. The molecule has 104 valence electrons. The highest BCUT2D eigenvalue weighted by molar-refractivity contribution is 6.35. The van der Waals surface area contributed by atoms with Gasteiger partial charge in [0.2, 0.25) is 0 Å². The number of benzene rings is 2. The first-order valence-corrected chi connectivity index (χ1v) is 6.60. The molecule has 0 aliphatic rings. The van der Waals surface area contributed by atoms with Crippen molar-refractivity contribution in [3.63, 3.8) is 0 Å². The number of hydrogen-bond donors (Lipinski definition) is 0. The van der Waals surface area contributed by atoms with Gasteiger partial charge >= 0.3 is 0 Å². The maximum Gasteiger partial charge on any atom is 0.172 e. The number of carbonyl (C=O) groups excluding carboxylic acids is 1. The van der Waals surface area contributed by atoms with E-state index in [1.807, 2.05) is 0 Å². The largest absolute Gasteiger partial charge is 0.493 e. The zero-order valence-electron chi connectivity index (χ0n) is 10.7. The van der Waals surface area contributed by atoms with Crippen LogP contribution in [0, 0.1) is 0 Å². The van der Waals surface area contributed by atoms with Gasteiger partial charge in [-0.25, -0.2) is 0 Å². The van der Waals surface area contributed by atoms with Gasteiger partial charge in [-0.1, -0.05) is 35.3 Å². The van der Waals surface area contributed by atoms with Crippen molar-refractivity contribution in [3.8, 4) is 11.5 Å². The summed E-state index contributed by atoms with van der Waals surface area (Å²) in [6.45, 7) is 0.219. The van der Waals surface area contributed by atoms with Crippen molar-refractivity contribution in [2.75, 3.05) is 7.11 Å². The Bertz CT molecular complexity index is 627. The molecule has 2 aromatic rings. The molecule has 20 heavy (non-hydrogen) atoms. The molecule has 0 radical (unpaired) electrons. The van der Waals surface area contributed by atoms with Crippen LogP contribution in [0.15, 0.2) is 36.4 Å². The van der Waals surface area contributed by atoms with Crippen LogP contribution >= 0.6 is 23.2 Å². The maximum absolute atomic E-state index is 11.0. The summed E-state index contributed by atoms with van der Waals surface area (Å²) in [6.07, 6.45) is 0.724. The fraction of sp³-hybridized carbons (Fsp3) is 0.133. The van der Waals surface area contributed by atoms with Gasteiger partial charge in [0.15, 0.2) is 17.8 Å². The monoisotopic (exact) mass is 310 g/mol. The van der Waals surface area contributed by atoms with Crippen LogP contribution in [-0.2, 0) is 6.61 Å². The third kappa shape index (κ3) is 3.24. The third-order valence-electron chi connectivity index (χ3n) is 2.74. The molecule has 3 nitrogen and oxygen atoms in total. The van der Waals surface area contributed by atoms with Crippen molar-refractivity contribution in [3.05, 3.63) is 57.6 Å². The standard InChI is InChI=1S/C15H12Cl2O3/c1-19-14-4-2-3-10(8-18)15(14)20-9-11-5-6-12(16)7-13(11)17/h2-8H,9H2,1H3. The molecule has 0 saturated carbocycles. The van der Waals surface area contributed by atoms with Crippen molar-refractivity contribution in [1.29, 1.82) is 0 Å². The predicted octanol–water partition coefficient (Wildman–Crippen LogP) is 4.39. The van der Waals surface area contributed by atoms with Crippen LogP contribution in [0.4, 0.5) is 0 Å². The summed E-state index contributed by atoms with van der Waals surface area (Å²) in [5, 5.41) is 1.07. The van der Waals surface area contributed by atoms with Gasteiger partial charge in [-0.3, -0.25) is 4.79 Å². The second kappa shape index (κ2) is 6.64. The van der Waals surface area contributed by atoms with E-state index in [2.05, 4.69) is 0 Å². The molecule has 0 atom stereocenters. The highest BCUT2D eigenvalue weighted by atomic mass is 35.5. The molecular formula is C15H12Cl2O3. The minimum atomic E-state index is 0.219. The maximum atomic E-state index is 11.0. The Kier molecular flexibility index (Phi) is 4.88. The molecule has 0 N–H and O–H groups in total. The molecule has 0 heterocycles. The van der Waals surface area contributed by atoms with E-state index in [1.54, 1.807) is 36.4 Å². The minimum absolute atomic E-state index is 0.219.